The van der Waals surface area contributed by atoms with Crippen molar-refractivity contribution in [1.29, 1.82) is 0 Å². The van der Waals surface area contributed by atoms with E-state index in [1.165, 1.54) is 25.7 Å². The van der Waals surface area contributed by atoms with Gasteiger partial charge in [-0.15, -0.1) is 0 Å². The maximum Gasteiger partial charge on any atom is 0.238 e. The highest BCUT2D eigenvalue weighted by Gasteiger charge is 2.15. The summed E-state index contributed by atoms with van der Waals surface area (Å²) in [4.78, 5) is 14.2. The summed E-state index contributed by atoms with van der Waals surface area (Å²) in [5, 5.41) is 9.91. The molecule has 0 aromatic carbocycles. The van der Waals surface area contributed by atoms with E-state index >= 15 is 0 Å². The molecule has 0 atom stereocenters. The fraction of sp³-hybridized carbons (Fsp3) is 0.692. The molecule has 0 aliphatic carbocycles. The van der Waals surface area contributed by atoms with Gasteiger partial charge in [-0.05, 0) is 39.8 Å². The number of hydrogen-bond donors (Lipinski definition) is 2. The van der Waals surface area contributed by atoms with E-state index in [-0.39, 0.29) is 5.91 Å². The number of nitrogens with one attached hydrogen (secondary N) is 2. The molecular weight excluding hydrogens is 228 g/mol. The number of nitrogens with zero attached hydrogens (tertiary/aromatic N) is 2. The van der Waals surface area contributed by atoms with Gasteiger partial charge in [-0.2, -0.15) is 5.10 Å². The SMILES string of the molecule is Cc1n[nH]c(C)c1NC(=O)CN1CCCCCC1. The number of aromatic amines is 1. The van der Waals surface area contributed by atoms with Gasteiger partial charge < -0.3 is 5.32 Å². The third-order valence-electron chi connectivity index (χ3n) is 3.46. The van der Waals surface area contributed by atoms with Gasteiger partial charge >= 0.3 is 0 Å². The summed E-state index contributed by atoms with van der Waals surface area (Å²) in [6.45, 7) is 6.38. The van der Waals surface area contributed by atoms with Crippen molar-refractivity contribution in [2.75, 3.05) is 25.0 Å². The van der Waals surface area contributed by atoms with Crippen LogP contribution in [0.15, 0.2) is 0 Å². The summed E-state index contributed by atoms with van der Waals surface area (Å²) >= 11 is 0. The molecule has 0 unspecified atom stereocenters. The Kier molecular flexibility index (Phi) is 4.36. The highest BCUT2D eigenvalue weighted by Crippen LogP contribution is 2.16. The molecule has 1 saturated heterocycles. The maximum absolute atomic E-state index is 12.0. The highest BCUT2D eigenvalue weighted by atomic mass is 16.2. The van der Waals surface area contributed by atoms with Crippen LogP contribution >= 0.6 is 0 Å². The second kappa shape index (κ2) is 6.00. The molecule has 1 aliphatic rings. The van der Waals surface area contributed by atoms with Crippen molar-refractivity contribution in [2.24, 2.45) is 0 Å². The number of aryl methyl sites for hydroxylation is 2. The zero-order valence-corrected chi connectivity index (χ0v) is 11.3. The number of aromatic nitrogens is 2. The Morgan fingerprint density at radius 1 is 1.28 bits per heavy atom. The number of amides is 1. The van der Waals surface area contributed by atoms with Crippen LogP contribution in [0.4, 0.5) is 5.69 Å². The molecule has 0 bridgehead atoms. The first-order chi connectivity index (χ1) is 8.66. The zero-order valence-electron chi connectivity index (χ0n) is 11.3. The van der Waals surface area contributed by atoms with E-state index < -0.39 is 0 Å². The first-order valence-corrected chi connectivity index (χ1v) is 6.70. The Balaban J connectivity index is 1.88. The summed E-state index contributed by atoms with van der Waals surface area (Å²) in [5.74, 6) is 0.0597. The molecule has 2 heterocycles. The fourth-order valence-corrected chi connectivity index (χ4v) is 2.41. The maximum atomic E-state index is 12.0. The highest BCUT2D eigenvalue weighted by molar-refractivity contribution is 5.93. The van der Waals surface area contributed by atoms with E-state index in [4.69, 9.17) is 0 Å². The Morgan fingerprint density at radius 3 is 2.50 bits per heavy atom. The van der Waals surface area contributed by atoms with E-state index in [2.05, 4.69) is 20.4 Å². The van der Waals surface area contributed by atoms with Gasteiger partial charge in [0.25, 0.3) is 0 Å². The van der Waals surface area contributed by atoms with Crippen molar-refractivity contribution >= 4 is 11.6 Å². The standard InChI is InChI=1S/C13H22N4O/c1-10-13(11(2)16-15-10)14-12(18)9-17-7-5-3-4-6-8-17/h3-9H2,1-2H3,(H,14,18)(H,15,16). The minimum absolute atomic E-state index is 0.0597. The number of carbonyl (C=O) groups is 1. The molecule has 18 heavy (non-hydrogen) atoms. The molecule has 2 rings (SSSR count). The Labute approximate surface area is 108 Å². The molecule has 0 saturated carbocycles. The Bertz CT molecular complexity index is 386. The summed E-state index contributed by atoms with van der Waals surface area (Å²) in [7, 11) is 0. The lowest BCUT2D eigenvalue weighted by Gasteiger charge is -2.18. The lowest BCUT2D eigenvalue weighted by atomic mass is 10.2. The third kappa shape index (κ3) is 3.32. The van der Waals surface area contributed by atoms with Crippen molar-refractivity contribution in [1.82, 2.24) is 15.1 Å². The van der Waals surface area contributed by atoms with E-state index in [0.717, 1.165) is 30.2 Å². The molecule has 1 aromatic heterocycles. The zero-order chi connectivity index (χ0) is 13.0. The van der Waals surface area contributed by atoms with Gasteiger partial charge in [0.05, 0.1) is 23.6 Å². The molecule has 1 amide bonds. The molecule has 0 radical (unpaired) electrons. The van der Waals surface area contributed by atoms with E-state index in [1.54, 1.807) is 0 Å². The first-order valence-electron chi connectivity index (χ1n) is 6.70. The summed E-state index contributed by atoms with van der Waals surface area (Å²) in [5.41, 5.74) is 2.59. The molecule has 5 heteroatoms. The van der Waals surface area contributed by atoms with Crippen molar-refractivity contribution < 1.29 is 4.79 Å². The van der Waals surface area contributed by atoms with Crippen molar-refractivity contribution in [3.8, 4) is 0 Å². The van der Waals surface area contributed by atoms with Gasteiger partial charge in [-0.1, -0.05) is 12.8 Å². The molecule has 5 nitrogen and oxygen atoms in total. The van der Waals surface area contributed by atoms with Gasteiger partial charge in [0, 0.05) is 0 Å². The van der Waals surface area contributed by atoms with Crippen LogP contribution in [0.5, 0.6) is 0 Å². The average molecular weight is 250 g/mol. The van der Waals surface area contributed by atoms with Crippen LogP contribution in [-0.4, -0.2) is 40.6 Å². The van der Waals surface area contributed by atoms with E-state index in [0.29, 0.717) is 6.54 Å². The van der Waals surface area contributed by atoms with E-state index in [9.17, 15) is 4.79 Å². The number of anilines is 1. The molecule has 1 aliphatic heterocycles. The van der Waals surface area contributed by atoms with Crippen molar-refractivity contribution in [3.05, 3.63) is 11.4 Å². The minimum Gasteiger partial charge on any atom is -0.322 e. The van der Waals surface area contributed by atoms with Gasteiger partial charge in [0.1, 0.15) is 0 Å². The largest absolute Gasteiger partial charge is 0.322 e. The predicted octanol–water partition coefficient (Wildman–Crippen LogP) is 1.84. The number of H-pyrrole nitrogens is 1. The van der Waals surface area contributed by atoms with Crippen molar-refractivity contribution in [2.45, 2.75) is 39.5 Å². The molecule has 0 spiro atoms. The van der Waals surface area contributed by atoms with E-state index in [1.807, 2.05) is 13.8 Å². The monoisotopic (exact) mass is 250 g/mol. The second-order valence-electron chi connectivity index (χ2n) is 5.05. The Hall–Kier alpha value is -1.36. The topological polar surface area (TPSA) is 61.0 Å². The van der Waals surface area contributed by atoms with Crippen LogP contribution in [0.25, 0.3) is 0 Å². The van der Waals surface area contributed by atoms with Gasteiger partial charge in [0.15, 0.2) is 0 Å². The van der Waals surface area contributed by atoms with Crippen molar-refractivity contribution in [3.63, 3.8) is 0 Å². The fourth-order valence-electron chi connectivity index (χ4n) is 2.41. The molecule has 2 N–H and O–H groups in total. The lowest BCUT2D eigenvalue weighted by Crippen LogP contribution is -2.34. The summed E-state index contributed by atoms with van der Waals surface area (Å²) in [6.07, 6.45) is 4.99. The molecule has 1 aromatic rings. The Morgan fingerprint density at radius 2 is 1.94 bits per heavy atom. The van der Waals surface area contributed by atoms with Crippen LogP contribution in [0.2, 0.25) is 0 Å². The molecule has 100 valence electrons. The molecular formula is C13H22N4O. The number of likely N-dealkylation sites (tertiary alicyclic amines) is 1. The summed E-state index contributed by atoms with van der Waals surface area (Å²) in [6, 6.07) is 0. The van der Waals surface area contributed by atoms with Crippen LogP contribution in [-0.2, 0) is 4.79 Å². The third-order valence-corrected chi connectivity index (χ3v) is 3.46. The van der Waals surface area contributed by atoms with Crippen LogP contribution in [0.3, 0.4) is 0 Å². The van der Waals surface area contributed by atoms with Crippen LogP contribution in [0.1, 0.15) is 37.1 Å². The number of carbonyl (C=O) groups excluding carboxylic acids is 1. The lowest BCUT2D eigenvalue weighted by molar-refractivity contribution is -0.117. The van der Waals surface area contributed by atoms with Crippen LogP contribution in [0, 0.1) is 13.8 Å². The van der Waals surface area contributed by atoms with Gasteiger partial charge in [-0.3, -0.25) is 14.8 Å². The minimum atomic E-state index is 0.0597. The molecule has 1 fully saturated rings. The van der Waals surface area contributed by atoms with Gasteiger partial charge in [0.2, 0.25) is 5.91 Å². The first kappa shape index (κ1) is 13.1. The summed E-state index contributed by atoms with van der Waals surface area (Å²) < 4.78 is 0. The van der Waals surface area contributed by atoms with Crippen LogP contribution < -0.4 is 5.32 Å². The average Bonchev–Trinajstić information content (AvgIpc) is 2.59. The quantitative estimate of drug-likeness (QED) is 0.860. The number of hydrogen-bond acceptors (Lipinski definition) is 3. The second-order valence-corrected chi connectivity index (χ2v) is 5.05. The predicted molar refractivity (Wildman–Crippen MR) is 71.6 cm³/mol. The van der Waals surface area contributed by atoms with Gasteiger partial charge in [-0.25, -0.2) is 0 Å². The smallest absolute Gasteiger partial charge is 0.238 e. The number of rotatable bonds is 3. The normalized spacial score (nSPS) is 17.4.